The Morgan fingerprint density at radius 3 is 2.78 bits per heavy atom. The lowest BCUT2D eigenvalue weighted by molar-refractivity contribution is -0.131. The van der Waals surface area contributed by atoms with E-state index in [0.29, 0.717) is 13.2 Å². The van der Waals surface area contributed by atoms with Crippen LogP contribution in [0.5, 0.6) is 0 Å². The fourth-order valence-electron chi connectivity index (χ4n) is 2.88. The summed E-state index contributed by atoms with van der Waals surface area (Å²) in [5, 5.41) is 3.10. The van der Waals surface area contributed by atoms with Crippen molar-refractivity contribution in [3.8, 4) is 0 Å². The van der Waals surface area contributed by atoms with Crippen molar-refractivity contribution in [3.63, 3.8) is 0 Å². The van der Waals surface area contributed by atoms with Crippen LogP contribution in [-0.4, -0.2) is 32.2 Å². The average Bonchev–Trinajstić information content (AvgIpc) is 2.28. The number of nitrogens with one attached hydrogen (secondary N) is 1. The van der Waals surface area contributed by atoms with E-state index in [9.17, 15) is 4.79 Å². The summed E-state index contributed by atoms with van der Waals surface area (Å²) < 4.78 is 5.13. The largest absolute Gasteiger partial charge is 0.383 e. The highest BCUT2D eigenvalue weighted by Crippen LogP contribution is 2.40. The van der Waals surface area contributed by atoms with Crippen molar-refractivity contribution >= 4 is 5.91 Å². The molecule has 1 saturated carbocycles. The number of amides is 1. The first-order valence-corrected chi connectivity index (χ1v) is 7.00. The molecular formula is C14H28N2O2. The van der Waals surface area contributed by atoms with Crippen LogP contribution in [0.4, 0.5) is 0 Å². The van der Waals surface area contributed by atoms with Gasteiger partial charge in [-0.05, 0) is 31.2 Å². The summed E-state index contributed by atoms with van der Waals surface area (Å²) in [4.78, 5) is 12.4. The molecule has 3 N–H and O–H groups in total. The maximum Gasteiger partial charge on any atom is 0.223 e. The molecule has 0 aromatic heterocycles. The van der Waals surface area contributed by atoms with Gasteiger partial charge in [0.15, 0.2) is 0 Å². The minimum absolute atomic E-state index is 0.0465. The van der Waals surface area contributed by atoms with Gasteiger partial charge in [0.25, 0.3) is 0 Å². The van der Waals surface area contributed by atoms with E-state index in [-0.39, 0.29) is 23.3 Å². The lowest BCUT2D eigenvalue weighted by atomic mass is 9.68. The summed E-state index contributed by atoms with van der Waals surface area (Å²) in [5.41, 5.74) is 5.67. The fourth-order valence-corrected chi connectivity index (χ4v) is 2.88. The second-order valence-corrected chi connectivity index (χ2v) is 6.03. The highest BCUT2D eigenvalue weighted by molar-refractivity contribution is 5.79. The third-order valence-electron chi connectivity index (χ3n) is 4.05. The summed E-state index contributed by atoms with van der Waals surface area (Å²) in [5.74, 6) is 0.304. The maximum absolute atomic E-state index is 12.4. The first-order chi connectivity index (χ1) is 8.51. The number of hydrogen-bond donors (Lipinski definition) is 2. The molecule has 1 aliphatic rings. The monoisotopic (exact) mass is 256 g/mol. The highest BCUT2D eigenvalue weighted by atomic mass is 16.5. The molecule has 4 nitrogen and oxygen atoms in total. The molecule has 0 heterocycles. The molecule has 4 heteroatoms. The van der Waals surface area contributed by atoms with Gasteiger partial charge in [-0.3, -0.25) is 4.79 Å². The van der Waals surface area contributed by atoms with Gasteiger partial charge in [0.1, 0.15) is 0 Å². The Balaban J connectivity index is 2.56. The van der Waals surface area contributed by atoms with Crippen LogP contribution in [-0.2, 0) is 9.53 Å². The number of rotatable bonds is 6. The molecule has 0 bridgehead atoms. The van der Waals surface area contributed by atoms with E-state index in [1.165, 1.54) is 6.42 Å². The fraction of sp³-hybridized carbons (Fsp3) is 0.929. The van der Waals surface area contributed by atoms with E-state index in [1.807, 2.05) is 0 Å². The second-order valence-electron chi connectivity index (χ2n) is 6.03. The van der Waals surface area contributed by atoms with Gasteiger partial charge in [0.2, 0.25) is 5.91 Å². The van der Waals surface area contributed by atoms with E-state index in [1.54, 1.807) is 7.11 Å². The number of carbonyl (C=O) groups is 1. The van der Waals surface area contributed by atoms with Gasteiger partial charge in [0, 0.05) is 13.0 Å². The molecule has 2 atom stereocenters. The van der Waals surface area contributed by atoms with Gasteiger partial charge in [-0.1, -0.05) is 26.7 Å². The minimum Gasteiger partial charge on any atom is -0.383 e. The summed E-state index contributed by atoms with van der Waals surface area (Å²) in [6, 6.07) is 0.0465. The first-order valence-electron chi connectivity index (χ1n) is 7.00. The molecule has 0 radical (unpaired) electrons. The number of carbonyl (C=O) groups excluding carboxylic acids is 1. The van der Waals surface area contributed by atoms with Crippen molar-refractivity contribution in [3.05, 3.63) is 0 Å². The van der Waals surface area contributed by atoms with Crippen molar-refractivity contribution in [2.75, 3.05) is 20.3 Å². The Morgan fingerprint density at radius 2 is 2.22 bits per heavy atom. The van der Waals surface area contributed by atoms with E-state index in [0.717, 1.165) is 25.7 Å². The molecule has 0 saturated heterocycles. The number of methoxy groups -OCH3 is 1. The van der Waals surface area contributed by atoms with Gasteiger partial charge in [-0.25, -0.2) is 0 Å². The number of hydrogen-bond acceptors (Lipinski definition) is 3. The van der Waals surface area contributed by atoms with Crippen LogP contribution in [0.2, 0.25) is 0 Å². The molecular weight excluding hydrogens is 228 g/mol. The van der Waals surface area contributed by atoms with Crippen molar-refractivity contribution in [1.29, 1.82) is 0 Å². The SMILES string of the molecule is COCC(CCN)NC(=O)C1CCCCC1(C)C. The van der Waals surface area contributed by atoms with Crippen LogP contribution < -0.4 is 11.1 Å². The molecule has 1 amide bonds. The van der Waals surface area contributed by atoms with Gasteiger partial charge < -0.3 is 15.8 Å². The van der Waals surface area contributed by atoms with E-state index >= 15 is 0 Å². The lowest BCUT2D eigenvalue weighted by Gasteiger charge is -2.38. The molecule has 18 heavy (non-hydrogen) atoms. The van der Waals surface area contributed by atoms with Crippen molar-refractivity contribution in [2.45, 2.75) is 52.0 Å². The van der Waals surface area contributed by atoms with Crippen molar-refractivity contribution in [2.24, 2.45) is 17.1 Å². The van der Waals surface area contributed by atoms with Crippen LogP contribution >= 0.6 is 0 Å². The Kier molecular flexibility index (Phi) is 6.09. The Bertz CT molecular complexity index is 261. The van der Waals surface area contributed by atoms with Gasteiger partial charge in [0.05, 0.1) is 12.6 Å². The molecule has 106 valence electrons. The smallest absolute Gasteiger partial charge is 0.223 e. The molecule has 1 rings (SSSR count). The Hall–Kier alpha value is -0.610. The lowest BCUT2D eigenvalue weighted by Crippen LogP contribution is -2.47. The zero-order valence-corrected chi connectivity index (χ0v) is 12.0. The first kappa shape index (κ1) is 15.4. The average molecular weight is 256 g/mol. The maximum atomic E-state index is 12.4. The van der Waals surface area contributed by atoms with Gasteiger partial charge >= 0.3 is 0 Å². The summed E-state index contributed by atoms with van der Waals surface area (Å²) >= 11 is 0. The Labute approximate surface area is 111 Å². The van der Waals surface area contributed by atoms with Crippen LogP contribution in [0.15, 0.2) is 0 Å². The third kappa shape index (κ3) is 4.25. The van der Waals surface area contributed by atoms with Crippen molar-refractivity contribution < 1.29 is 9.53 Å². The molecule has 2 unspecified atom stereocenters. The molecule has 1 aliphatic carbocycles. The summed E-state index contributed by atoms with van der Waals surface area (Å²) in [6.45, 7) is 5.51. The second kappa shape index (κ2) is 7.10. The summed E-state index contributed by atoms with van der Waals surface area (Å²) in [7, 11) is 1.65. The molecule has 0 aliphatic heterocycles. The van der Waals surface area contributed by atoms with Crippen LogP contribution in [0.25, 0.3) is 0 Å². The predicted octanol–water partition coefficient (Wildman–Crippen LogP) is 1.68. The van der Waals surface area contributed by atoms with E-state index < -0.39 is 0 Å². The Morgan fingerprint density at radius 1 is 1.50 bits per heavy atom. The number of nitrogens with two attached hydrogens (primary N) is 1. The topological polar surface area (TPSA) is 64.3 Å². The zero-order chi connectivity index (χ0) is 13.6. The highest BCUT2D eigenvalue weighted by Gasteiger charge is 2.37. The molecule has 0 spiro atoms. The minimum atomic E-state index is 0.0465. The van der Waals surface area contributed by atoms with Crippen LogP contribution in [0, 0.1) is 11.3 Å². The van der Waals surface area contributed by atoms with E-state index in [2.05, 4.69) is 19.2 Å². The molecule has 1 fully saturated rings. The standard InChI is InChI=1S/C14H28N2O2/c1-14(2)8-5-4-6-12(14)13(17)16-11(7-9-15)10-18-3/h11-12H,4-10,15H2,1-3H3,(H,16,17). The quantitative estimate of drug-likeness (QED) is 0.760. The van der Waals surface area contributed by atoms with Gasteiger partial charge in [-0.15, -0.1) is 0 Å². The van der Waals surface area contributed by atoms with Crippen LogP contribution in [0.3, 0.4) is 0 Å². The van der Waals surface area contributed by atoms with Gasteiger partial charge in [-0.2, -0.15) is 0 Å². The zero-order valence-electron chi connectivity index (χ0n) is 12.0. The number of ether oxygens (including phenoxy) is 1. The predicted molar refractivity (Wildman–Crippen MR) is 73.2 cm³/mol. The third-order valence-corrected chi connectivity index (χ3v) is 4.05. The normalized spacial score (nSPS) is 24.6. The molecule has 0 aromatic rings. The van der Waals surface area contributed by atoms with Crippen LogP contribution in [0.1, 0.15) is 46.0 Å². The van der Waals surface area contributed by atoms with E-state index in [4.69, 9.17) is 10.5 Å². The molecule has 0 aromatic carbocycles. The summed E-state index contributed by atoms with van der Waals surface area (Å²) in [6.07, 6.45) is 5.30. The van der Waals surface area contributed by atoms with Crippen molar-refractivity contribution in [1.82, 2.24) is 5.32 Å².